The van der Waals surface area contributed by atoms with Crippen molar-refractivity contribution >= 4 is 0 Å². The van der Waals surface area contributed by atoms with Crippen LogP contribution in [-0.4, -0.2) is 17.6 Å². The van der Waals surface area contributed by atoms with Crippen molar-refractivity contribution < 1.29 is 25.2 Å². The number of hydrogen-bond donors (Lipinski definition) is 1. The van der Waals surface area contributed by atoms with Crippen molar-refractivity contribution in [3.63, 3.8) is 0 Å². The van der Waals surface area contributed by atoms with Crippen LogP contribution < -0.4 is 5.73 Å². The molecule has 0 aliphatic carbocycles. The zero-order chi connectivity index (χ0) is 7.11. The molecule has 0 spiro atoms. The molecule has 0 aliphatic rings. The molecule has 0 heterocycles. The van der Waals surface area contributed by atoms with Crippen molar-refractivity contribution in [3.8, 4) is 0 Å². The minimum absolute atomic E-state index is 0.364. The summed E-state index contributed by atoms with van der Waals surface area (Å²) in [6, 6.07) is 0. The normalized spacial score (nSPS) is 13.4. The van der Waals surface area contributed by atoms with E-state index in [2.05, 4.69) is 0 Å². The minimum atomic E-state index is 0.364. The van der Waals surface area contributed by atoms with Crippen LogP contribution in [0.5, 0.6) is 0 Å². The van der Waals surface area contributed by atoms with Gasteiger partial charge in [0.2, 0.25) is 0 Å². The van der Waals surface area contributed by atoms with E-state index in [4.69, 9.17) is 10.5 Å². The van der Waals surface area contributed by atoms with Crippen molar-refractivity contribution in [3.05, 3.63) is 0 Å². The molecule has 0 bridgehead atoms. The second-order valence-electron chi connectivity index (χ2n) is 2.01. The zero-order valence-electron chi connectivity index (χ0n) is 5.89. The molecule has 2 N–H and O–H groups in total. The van der Waals surface area contributed by atoms with Crippen LogP contribution in [0.3, 0.4) is 0 Å². The summed E-state index contributed by atoms with van der Waals surface area (Å²) < 4.78 is 5.65. The SMILES string of the molecule is C[CH]([Ti])OCCCCN. The van der Waals surface area contributed by atoms with E-state index in [-0.39, 0.29) is 0 Å². The molecule has 0 amide bonds. The average molecular weight is 164 g/mol. The van der Waals surface area contributed by atoms with E-state index in [0.717, 1.165) is 26.0 Å². The molecule has 3 heteroatoms. The first-order valence-corrected chi connectivity index (χ1v) is 4.20. The van der Waals surface area contributed by atoms with Gasteiger partial charge in [0.25, 0.3) is 0 Å². The van der Waals surface area contributed by atoms with Gasteiger partial charge in [-0.1, -0.05) is 0 Å². The summed E-state index contributed by atoms with van der Waals surface area (Å²) in [7, 11) is 0. The zero-order valence-corrected chi connectivity index (χ0v) is 7.45. The van der Waals surface area contributed by atoms with Gasteiger partial charge in [-0.05, 0) is 0 Å². The molecule has 1 atom stereocenters. The molecule has 0 saturated heterocycles. The van der Waals surface area contributed by atoms with Crippen molar-refractivity contribution in [1.29, 1.82) is 0 Å². The van der Waals surface area contributed by atoms with Gasteiger partial charge in [-0.25, -0.2) is 0 Å². The second-order valence-corrected chi connectivity index (χ2v) is 3.28. The molecular formula is C6H14NOTi. The molecule has 0 rings (SSSR count). The standard InChI is InChI=1S/C6H14NO.Ti/c1-2-8-6-4-3-5-7;/h2H,3-7H2,1H3;. The number of rotatable bonds is 5. The van der Waals surface area contributed by atoms with Crippen LogP contribution in [0, 0.1) is 0 Å². The maximum absolute atomic E-state index is 5.29. The van der Waals surface area contributed by atoms with Crippen LogP contribution in [0.1, 0.15) is 19.8 Å². The molecule has 0 fully saturated rings. The fourth-order valence-corrected chi connectivity index (χ4v) is 0.691. The van der Waals surface area contributed by atoms with E-state index in [9.17, 15) is 0 Å². The second kappa shape index (κ2) is 6.75. The van der Waals surface area contributed by atoms with E-state index in [1.165, 1.54) is 0 Å². The first kappa shape index (κ1) is 9.63. The molecule has 1 unspecified atom stereocenters. The Kier molecular flexibility index (Phi) is 7.23. The predicted octanol–water partition coefficient (Wildman–Crippen LogP) is 0.635. The molecule has 0 aromatic heterocycles. The number of nitrogens with two attached hydrogens (primary N) is 1. The van der Waals surface area contributed by atoms with Crippen LogP contribution in [-0.2, 0) is 25.2 Å². The molecule has 9 heavy (non-hydrogen) atoms. The average Bonchev–Trinajstić information content (AvgIpc) is 1.80. The van der Waals surface area contributed by atoms with E-state index in [1.807, 2.05) is 27.4 Å². The molecule has 0 aromatic carbocycles. The molecule has 0 radical (unpaired) electrons. The van der Waals surface area contributed by atoms with Gasteiger partial charge in [0.05, 0.1) is 0 Å². The van der Waals surface area contributed by atoms with Gasteiger partial charge in [0, 0.05) is 0 Å². The Bertz CT molecular complexity index is 59.0. The summed E-state index contributed by atoms with van der Waals surface area (Å²) in [6.45, 7) is 3.68. The Morgan fingerprint density at radius 3 is 2.67 bits per heavy atom. The van der Waals surface area contributed by atoms with Gasteiger partial charge < -0.3 is 0 Å². The Morgan fingerprint density at radius 2 is 2.22 bits per heavy atom. The predicted molar refractivity (Wildman–Crippen MR) is 33.7 cm³/mol. The van der Waals surface area contributed by atoms with Gasteiger partial charge >= 0.3 is 68.2 Å². The van der Waals surface area contributed by atoms with Gasteiger partial charge in [-0.3, -0.25) is 0 Å². The number of unbranched alkanes of at least 4 members (excludes halogenated alkanes) is 1. The third-order valence-electron chi connectivity index (χ3n) is 0.966. The maximum atomic E-state index is 5.29. The topological polar surface area (TPSA) is 35.2 Å². The molecule has 0 saturated carbocycles. The third-order valence-corrected chi connectivity index (χ3v) is 1.23. The number of ether oxygens (including phenoxy) is 1. The quantitative estimate of drug-likeness (QED) is 0.477. The van der Waals surface area contributed by atoms with Crippen LogP contribution in [0.15, 0.2) is 0 Å². The molecule has 0 aliphatic heterocycles. The van der Waals surface area contributed by atoms with Crippen molar-refractivity contribution in [2.24, 2.45) is 5.73 Å². The van der Waals surface area contributed by atoms with Crippen LogP contribution in [0.4, 0.5) is 0 Å². The molecule has 2 nitrogen and oxygen atoms in total. The summed E-state index contributed by atoms with van der Waals surface area (Å²) in [5.74, 6) is 0. The van der Waals surface area contributed by atoms with Crippen LogP contribution in [0.25, 0.3) is 0 Å². The van der Waals surface area contributed by atoms with Gasteiger partial charge in [0.1, 0.15) is 0 Å². The van der Waals surface area contributed by atoms with E-state index in [0.29, 0.717) is 4.41 Å². The van der Waals surface area contributed by atoms with Gasteiger partial charge in [0.15, 0.2) is 0 Å². The van der Waals surface area contributed by atoms with E-state index >= 15 is 0 Å². The van der Waals surface area contributed by atoms with Gasteiger partial charge in [-0.2, -0.15) is 0 Å². The van der Waals surface area contributed by atoms with Crippen molar-refractivity contribution in [2.75, 3.05) is 13.2 Å². The summed E-state index contributed by atoms with van der Waals surface area (Å²) in [6.07, 6.45) is 2.17. The third kappa shape index (κ3) is 8.63. The first-order chi connectivity index (χ1) is 4.27. The fourth-order valence-electron chi connectivity index (χ4n) is 0.507. The molecule has 53 valence electrons. The van der Waals surface area contributed by atoms with Crippen molar-refractivity contribution in [1.82, 2.24) is 0 Å². The monoisotopic (exact) mass is 164 g/mol. The van der Waals surface area contributed by atoms with E-state index in [1.54, 1.807) is 0 Å². The number of hydrogen-bond acceptors (Lipinski definition) is 2. The Labute approximate surface area is 68.5 Å². The van der Waals surface area contributed by atoms with Crippen molar-refractivity contribution in [2.45, 2.75) is 24.2 Å². The van der Waals surface area contributed by atoms with Crippen LogP contribution >= 0.6 is 0 Å². The summed E-state index contributed by atoms with van der Waals surface area (Å²) in [5.41, 5.74) is 5.29. The summed E-state index contributed by atoms with van der Waals surface area (Å²) >= 11 is 2.04. The Balaban J connectivity index is 2.75. The molecular weight excluding hydrogens is 150 g/mol. The fraction of sp³-hybridized carbons (Fsp3) is 1.00. The van der Waals surface area contributed by atoms with Gasteiger partial charge in [-0.15, -0.1) is 0 Å². The summed E-state index contributed by atoms with van der Waals surface area (Å²) in [4.78, 5) is 0. The first-order valence-electron chi connectivity index (χ1n) is 3.30. The Morgan fingerprint density at radius 1 is 1.56 bits per heavy atom. The Hall–Kier alpha value is 0.634. The molecule has 0 aromatic rings. The summed E-state index contributed by atoms with van der Waals surface area (Å²) in [5, 5.41) is 0. The van der Waals surface area contributed by atoms with Crippen LogP contribution in [0.2, 0.25) is 0 Å². The van der Waals surface area contributed by atoms with E-state index < -0.39 is 0 Å².